The molecule has 4 atom stereocenters. The molecule has 2 aromatic carbocycles. The number of carbonyl (C=O) groups is 1. The minimum atomic E-state index is -0.266. The first-order valence-electron chi connectivity index (χ1n) is 12.6. The maximum atomic E-state index is 13.0. The van der Waals surface area contributed by atoms with E-state index in [-0.39, 0.29) is 29.3 Å². The summed E-state index contributed by atoms with van der Waals surface area (Å²) in [4.78, 5) is 19.9. The number of esters is 1. The van der Waals surface area contributed by atoms with Crippen LogP contribution in [0, 0.1) is 11.8 Å². The van der Waals surface area contributed by atoms with Crippen LogP contribution in [0.2, 0.25) is 0 Å². The number of hydroxylamine groups is 2. The van der Waals surface area contributed by atoms with Crippen molar-refractivity contribution >= 4 is 5.97 Å². The fourth-order valence-corrected chi connectivity index (χ4v) is 6.69. The minimum Gasteiger partial charge on any atom is -0.456 e. The highest BCUT2D eigenvalue weighted by Gasteiger charge is 2.52. The zero-order chi connectivity index (χ0) is 23.2. The summed E-state index contributed by atoms with van der Waals surface area (Å²) in [6.07, 6.45) is 6.57. The summed E-state index contributed by atoms with van der Waals surface area (Å²) in [5.74, 6) is 1.04. The van der Waals surface area contributed by atoms with E-state index in [1.807, 2.05) is 30.3 Å². The van der Waals surface area contributed by atoms with Crippen LogP contribution in [0.4, 0.5) is 0 Å². The van der Waals surface area contributed by atoms with Gasteiger partial charge in [-0.25, -0.2) is 4.79 Å². The lowest BCUT2D eigenvalue weighted by molar-refractivity contribution is -0.310. The van der Waals surface area contributed by atoms with Crippen LogP contribution in [-0.2, 0) is 20.7 Å². The maximum Gasteiger partial charge on any atom is 0.338 e. The van der Waals surface area contributed by atoms with Gasteiger partial charge in [0.2, 0.25) is 0 Å². The first-order valence-corrected chi connectivity index (χ1v) is 12.6. The number of carbonyl (C=O) groups excluding carboxylic acids is 1. The minimum absolute atomic E-state index is 0.134. The first-order chi connectivity index (χ1) is 15.8. The third-order valence-corrected chi connectivity index (χ3v) is 8.32. The quantitative estimate of drug-likeness (QED) is 0.495. The van der Waals surface area contributed by atoms with Crippen molar-refractivity contribution in [2.75, 3.05) is 0 Å². The van der Waals surface area contributed by atoms with Crippen LogP contribution in [0.1, 0.15) is 87.7 Å². The molecule has 33 heavy (non-hydrogen) atoms. The summed E-state index contributed by atoms with van der Waals surface area (Å²) in [5.41, 5.74) is 2.68. The van der Waals surface area contributed by atoms with Crippen LogP contribution in [0.15, 0.2) is 54.6 Å². The smallest absolute Gasteiger partial charge is 0.338 e. The highest BCUT2D eigenvalue weighted by Crippen LogP contribution is 2.51. The summed E-state index contributed by atoms with van der Waals surface area (Å²) in [6.45, 7) is 8.94. The monoisotopic (exact) mass is 447 g/mol. The van der Waals surface area contributed by atoms with Crippen molar-refractivity contribution in [3.05, 3.63) is 71.3 Å². The van der Waals surface area contributed by atoms with Gasteiger partial charge in [-0.15, -0.1) is 0 Å². The Kier molecular flexibility index (Phi) is 5.86. The zero-order valence-corrected chi connectivity index (χ0v) is 20.4. The van der Waals surface area contributed by atoms with E-state index in [1.54, 1.807) is 0 Å². The second-order valence-electron chi connectivity index (χ2n) is 11.2. The van der Waals surface area contributed by atoms with E-state index in [9.17, 15) is 4.79 Å². The first kappa shape index (κ1) is 22.6. The largest absolute Gasteiger partial charge is 0.456 e. The fraction of sp³-hybridized carbons (Fsp3) is 0.552. The number of nitrogens with zero attached hydrogens (tertiary/aromatic N) is 1. The number of rotatable bonds is 4. The Hall–Kier alpha value is -2.17. The van der Waals surface area contributed by atoms with Gasteiger partial charge in [-0.05, 0) is 75.6 Å². The van der Waals surface area contributed by atoms with Crippen LogP contribution >= 0.6 is 0 Å². The number of fused-ring (bicyclic) bond motifs is 2. The number of ether oxygens (including phenoxy) is 1. The number of hydrogen-bond donors (Lipinski definition) is 0. The van der Waals surface area contributed by atoms with Gasteiger partial charge >= 0.3 is 5.97 Å². The lowest BCUT2D eigenvalue weighted by atomic mass is 9.69. The van der Waals surface area contributed by atoms with Gasteiger partial charge in [0.05, 0.1) is 16.6 Å². The van der Waals surface area contributed by atoms with Crippen molar-refractivity contribution in [1.29, 1.82) is 0 Å². The summed E-state index contributed by atoms with van der Waals surface area (Å²) in [7, 11) is 0. The van der Waals surface area contributed by atoms with Gasteiger partial charge in [0.1, 0.15) is 12.2 Å². The molecule has 1 aliphatic heterocycles. The van der Waals surface area contributed by atoms with E-state index in [1.165, 1.54) is 36.8 Å². The van der Waals surface area contributed by atoms with E-state index in [0.717, 1.165) is 12.8 Å². The van der Waals surface area contributed by atoms with E-state index in [0.29, 0.717) is 17.4 Å². The highest BCUT2D eigenvalue weighted by molar-refractivity contribution is 5.89. The Morgan fingerprint density at radius 1 is 0.788 bits per heavy atom. The van der Waals surface area contributed by atoms with Gasteiger partial charge in [-0.3, -0.25) is 4.84 Å². The van der Waals surface area contributed by atoms with E-state index in [4.69, 9.17) is 9.57 Å². The van der Waals surface area contributed by atoms with Crippen molar-refractivity contribution in [2.24, 2.45) is 11.8 Å². The SMILES string of the molecule is CC1(C)c2ccccc2C(C)(C)N1O[C@H]1C[C@H]2CCCC[C@@H]2C[C@H]1OC(=O)c1ccccc1. The molecular formula is C29H37NO3. The molecule has 0 spiro atoms. The summed E-state index contributed by atoms with van der Waals surface area (Å²) in [5, 5.41) is 2.18. The van der Waals surface area contributed by atoms with Crippen molar-refractivity contribution in [3.63, 3.8) is 0 Å². The summed E-state index contributed by atoms with van der Waals surface area (Å²) < 4.78 is 6.17. The van der Waals surface area contributed by atoms with E-state index in [2.05, 4.69) is 57.0 Å². The topological polar surface area (TPSA) is 38.8 Å². The Morgan fingerprint density at radius 2 is 1.30 bits per heavy atom. The Labute approximate surface area is 198 Å². The van der Waals surface area contributed by atoms with Gasteiger partial charge < -0.3 is 4.74 Å². The Balaban J connectivity index is 1.42. The molecule has 4 nitrogen and oxygen atoms in total. The molecule has 3 aliphatic rings. The lowest BCUT2D eigenvalue weighted by Crippen LogP contribution is -2.52. The molecule has 0 bridgehead atoms. The third kappa shape index (κ3) is 4.02. The molecule has 0 saturated heterocycles. The molecule has 4 heteroatoms. The number of hydrogen-bond acceptors (Lipinski definition) is 4. The van der Waals surface area contributed by atoms with E-state index < -0.39 is 0 Å². The molecule has 0 amide bonds. The molecule has 176 valence electrons. The van der Waals surface area contributed by atoms with Crippen LogP contribution in [0.3, 0.4) is 0 Å². The molecule has 2 aliphatic carbocycles. The molecule has 0 radical (unpaired) electrons. The van der Waals surface area contributed by atoms with Crippen LogP contribution < -0.4 is 0 Å². The van der Waals surface area contributed by atoms with Crippen molar-refractivity contribution in [2.45, 2.75) is 89.5 Å². The van der Waals surface area contributed by atoms with Gasteiger partial charge in [-0.2, -0.15) is 5.06 Å². The highest BCUT2D eigenvalue weighted by atomic mass is 16.7. The average Bonchev–Trinajstić information content (AvgIpc) is 2.97. The number of benzene rings is 2. The molecule has 0 unspecified atom stereocenters. The second kappa shape index (κ2) is 8.56. The molecule has 5 rings (SSSR count). The Bertz CT molecular complexity index is 964. The van der Waals surface area contributed by atoms with Gasteiger partial charge in [-0.1, -0.05) is 68.1 Å². The predicted molar refractivity (Wildman–Crippen MR) is 130 cm³/mol. The predicted octanol–water partition coefficient (Wildman–Crippen LogP) is 6.60. The molecule has 0 N–H and O–H groups in total. The molecule has 2 saturated carbocycles. The van der Waals surface area contributed by atoms with Gasteiger partial charge in [0, 0.05) is 0 Å². The average molecular weight is 448 g/mol. The van der Waals surface area contributed by atoms with Crippen molar-refractivity contribution in [1.82, 2.24) is 5.06 Å². The normalized spacial score (nSPS) is 30.3. The van der Waals surface area contributed by atoms with Crippen LogP contribution in [0.5, 0.6) is 0 Å². The molecular weight excluding hydrogens is 410 g/mol. The van der Waals surface area contributed by atoms with Gasteiger partial charge in [0.25, 0.3) is 0 Å². The third-order valence-electron chi connectivity index (χ3n) is 8.32. The van der Waals surface area contributed by atoms with Crippen molar-refractivity contribution < 1.29 is 14.4 Å². The van der Waals surface area contributed by atoms with Crippen molar-refractivity contribution in [3.8, 4) is 0 Å². The standard InChI is InChI=1S/C29H37NO3/c1-28(2)23-16-10-11-17-24(23)29(3,4)30(28)33-26-19-22-15-9-8-14-21(22)18-25(26)32-27(31)20-12-6-5-7-13-20/h5-7,10-13,16-17,21-22,25-26H,8-9,14-15,18-19H2,1-4H3/t21-,22-,25-,26+/m1/s1. The maximum absolute atomic E-state index is 13.0. The summed E-state index contributed by atoms with van der Waals surface area (Å²) >= 11 is 0. The molecule has 2 aromatic rings. The fourth-order valence-electron chi connectivity index (χ4n) is 6.69. The van der Waals surface area contributed by atoms with E-state index >= 15 is 0 Å². The molecule has 1 heterocycles. The molecule has 0 aromatic heterocycles. The van der Waals surface area contributed by atoms with Crippen LogP contribution in [-0.4, -0.2) is 23.2 Å². The lowest BCUT2D eigenvalue weighted by Gasteiger charge is -2.47. The molecule has 2 fully saturated rings. The zero-order valence-electron chi connectivity index (χ0n) is 20.4. The van der Waals surface area contributed by atoms with Gasteiger partial charge in [0.15, 0.2) is 0 Å². The second-order valence-corrected chi connectivity index (χ2v) is 11.2. The van der Waals surface area contributed by atoms with Crippen LogP contribution in [0.25, 0.3) is 0 Å². The Morgan fingerprint density at radius 3 is 1.88 bits per heavy atom. The summed E-state index contributed by atoms with van der Waals surface area (Å²) in [6, 6.07) is 18.0.